The zero-order valence-corrected chi connectivity index (χ0v) is 9.74. The van der Waals surface area contributed by atoms with E-state index in [2.05, 4.69) is 19.1 Å². The fourth-order valence-corrected chi connectivity index (χ4v) is 6.14. The fraction of sp³-hybridized carbons (Fsp3) is 0.333. The number of allylic oxidation sites excluding steroid dienone is 2. The zero-order valence-electron chi connectivity index (χ0n) is 8.85. The van der Waals surface area contributed by atoms with E-state index in [1.54, 1.807) is 0 Å². The SMILES string of the molecule is CCP12(CC=CC1)Oc1ccccc1O2. The fourth-order valence-electron chi connectivity index (χ4n) is 2.35. The molecular formula is C12H15O2P. The molecule has 0 saturated carbocycles. The number of fused-ring (bicyclic) bond motifs is 1. The van der Waals surface area contributed by atoms with Crippen molar-refractivity contribution in [1.82, 2.24) is 0 Å². The van der Waals surface area contributed by atoms with E-state index in [4.69, 9.17) is 9.05 Å². The summed E-state index contributed by atoms with van der Waals surface area (Å²) in [5, 5.41) is 0. The summed E-state index contributed by atoms with van der Waals surface area (Å²) in [7, 11) is -2.38. The molecule has 1 spiro atoms. The van der Waals surface area contributed by atoms with E-state index in [1.807, 2.05) is 24.3 Å². The summed E-state index contributed by atoms with van der Waals surface area (Å²) in [5.74, 6) is 1.86. The van der Waals surface area contributed by atoms with Crippen molar-refractivity contribution in [2.75, 3.05) is 18.5 Å². The first-order valence-corrected chi connectivity index (χ1v) is 8.03. The monoisotopic (exact) mass is 222 g/mol. The Hall–Kier alpha value is -1.01. The molecule has 3 rings (SSSR count). The van der Waals surface area contributed by atoms with E-state index in [0.717, 1.165) is 30.0 Å². The van der Waals surface area contributed by atoms with E-state index < -0.39 is 7.06 Å². The Kier molecular flexibility index (Phi) is 1.70. The van der Waals surface area contributed by atoms with Gasteiger partial charge in [0, 0.05) is 0 Å². The molecule has 2 heterocycles. The Morgan fingerprint density at radius 1 is 1.07 bits per heavy atom. The Balaban J connectivity index is 2.06. The van der Waals surface area contributed by atoms with Gasteiger partial charge in [0.25, 0.3) is 0 Å². The Bertz CT molecular complexity index is 402. The van der Waals surface area contributed by atoms with Crippen molar-refractivity contribution >= 4 is 7.06 Å². The molecule has 3 heteroatoms. The summed E-state index contributed by atoms with van der Waals surface area (Å²) < 4.78 is 12.5. The molecule has 2 aliphatic rings. The first kappa shape index (κ1) is 9.23. The maximum atomic E-state index is 6.24. The van der Waals surface area contributed by atoms with Gasteiger partial charge in [-0.3, -0.25) is 0 Å². The van der Waals surface area contributed by atoms with Crippen LogP contribution in [0.1, 0.15) is 6.92 Å². The second-order valence-electron chi connectivity index (χ2n) is 4.30. The summed E-state index contributed by atoms with van der Waals surface area (Å²) in [6.07, 6.45) is 7.33. The molecule has 1 aromatic carbocycles. The third-order valence-corrected chi connectivity index (χ3v) is 8.18. The third kappa shape index (κ3) is 1.15. The number of hydrogen-bond donors (Lipinski definition) is 0. The summed E-state index contributed by atoms with van der Waals surface area (Å²) >= 11 is 0. The van der Waals surface area contributed by atoms with Crippen LogP contribution in [0.25, 0.3) is 0 Å². The van der Waals surface area contributed by atoms with Crippen molar-refractivity contribution in [3.05, 3.63) is 36.4 Å². The first-order chi connectivity index (χ1) is 7.25. The predicted octanol–water partition coefficient (Wildman–Crippen LogP) is 3.43. The molecule has 80 valence electrons. The summed E-state index contributed by atoms with van der Waals surface area (Å²) in [4.78, 5) is 0. The van der Waals surface area contributed by atoms with Crippen molar-refractivity contribution in [2.45, 2.75) is 6.92 Å². The summed E-state index contributed by atoms with van der Waals surface area (Å²) in [6.45, 7) is 2.18. The van der Waals surface area contributed by atoms with Gasteiger partial charge < -0.3 is 0 Å². The molecule has 0 unspecified atom stereocenters. The molecule has 0 N–H and O–H groups in total. The van der Waals surface area contributed by atoms with Crippen LogP contribution in [0.3, 0.4) is 0 Å². The summed E-state index contributed by atoms with van der Waals surface area (Å²) in [5.41, 5.74) is 0. The van der Waals surface area contributed by atoms with Crippen LogP contribution in [0.15, 0.2) is 36.4 Å². The normalized spacial score (nSPS) is 26.3. The van der Waals surface area contributed by atoms with Crippen molar-refractivity contribution in [3.8, 4) is 11.5 Å². The Labute approximate surface area is 90.0 Å². The van der Waals surface area contributed by atoms with Crippen LogP contribution >= 0.6 is 7.06 Å². The van der Waals surface area contributed by atoms with Crippen LogP contribution in [-0.4, -0.2) is 18.5 Å². The third-order valence-electron chi connectivity index (χ3n) is 3.41. The van der Waals surface area contributed by atoms with Gasteiger partial charge in [0.05, 0.1) is 0 Å². The Morgan fingerprint density at radius 3 is 2.07 bits per heavy atom. The topological polar surface area (TPSA) is 18.5 Å². The number of benzene rings is 1. The van der Waals surface area contributed by atoms with Crippen LogP contribution in [0.5, 0.6) is 11.5 Å². The van der Waals surface area contributed by atoms with E-state index in [9.17, 15) is 0 Å². The van der Waals surface area contributed by atoms with Gasteiger partial charge in [-0.25, -0.2) is 0 Å². The number of hydrogen-bond acceptors (Lipinski definition) is 2. The van der Waals surface area contributed by atoms with Gasteiger partial charge in [-0.05, 0) is 0 Å². The molecule has 0 aliphatic carbocycles. The average Bonchev–Trinajstić information content (AvgIpc) is 2.82. The van der Waals surface area contributed by atoms with E-state index in [0.29, 0.717) is 0 Å². The zero-order chi connectivity index (χ0) is 10.4. The molecule has 0 aromatic heterocycles. The molecule has 0 radical (unpaired) electrons. The molecular weight excluding hydrogens is 207 g/mol. The second-order valence-corrected chi connectivity index (χ2v) is 9.07. The minimum atomic E-state index is -2.38. The standard InChI is InChI=1S/C12H15O2P/c1-2-15(9-5-6-10-15)13-11-7-3-4-8-12(11)14-15/h3-8H,2,9-10H2,1H3. The van der Waals surface area contributed by atoms with Crippen molar-refractivity contribution in [2.24, 2.45) is 0 Å². The maximum absolute atomic E-state index is 6.24. The van der Waals surface area contributed by atoms with E-state index in [1.165, 1.54) is 0 Å². The van der Waals surface area contributed by atoms with Crippen molar-refractivity contribution < 1.29 is 9.05 Å². The summed E-state index contributed by atoms with van der Waals surface area (Å²) in [6, 6.07) is 8.01. The molecule has 2 aliphatic heterocycles. The molecule has 2 nitrogen and oxygen atoms in total. The number of rotatable bonds is 1. The van der Waals surface area contributed by atoms with E-state index >= 15 is 0 Å². The quantitative estimate of drug-likeness (QED) is 0.535. The average molecular weight is 222 g/mol. The molecule has 0 fully saturated rings. The first-order valence-electron chi connectivity index (χ1n) is 5.41. The molecule has 0 atom stereocenters. The van der Waals surface area contributed by atoms with E-state index in [-0.39, 0.29) is 0 Å². The van der Waals surface area contributed by atoms with Gasteiger partial charge >= 0.3 is 89.4 Å². The molecule has 15 heavy (non-hydrogen) atoms. The van der Waals surface area contributed by atoms with Gasteiger partial charge in [0.15, 0.2) is 0 Å². The predicted molar refractivity (Wildman–Crippen MR) is 64.0 cm³/mol. The van der Waals surface area contributed by atoms with Crippen molar-refractivity contribution in [1.29, 1.82) is 0 Å². The molecule has 0 amide bonds. The molecule has 1 aromatic rings. The van der Waals surface area contributed by atoms with Gasteiger partial charge in [0.1, 0.15) is 0 Å². The van der Waals surface area contributed by atoms with Crippen LogP contribution in [0.2, 0.25) is 0 Å². The molecule has 0 saturated heterocycles. The minimum absolute atomic E-state index is 0.931. The Morgan fingerprint density at radius 2 is 1.60 bits per heavy atom. The van der Waals surface area contributed by atoms with Gasteiger partial charge in [0.2, 0.25) is 0 Å². The molecule has 0 bridgehead atoms. The van der Waals surface area contributed by atoms with Crippen LogP contribution in [0.4, 0.5) is 0 Å². The second kappa shape index (κ2) is 2.76. The van der Waals surface area contributed by atoms with Gasteiger partial charge in [-0.15, -0.1) is 0 Å². The van der Waals surface area contributed by atoms with Crippen LogP contribution in [0, 0.1) is 0 Å². The van der Waals surface area contributed by atoms with Crippen LogP contribution < -0.4 is 9.05 Å². The van der Waals surface area contributed by atoms with Gasteiger partial charge in [-0.1, -0.05) is 0 Å². The van der Waals surface area contributed by atoms with Crippen LogP contribution in [-0.2, 0) is 0 Å². The van der Waals surface area contributed by atoms with Crippen molar-refractivity contribution in [3.63, 3.8) is 0 Å². The number of para-hydroxylation sites is 2. The van der Waals surface area contributed by atoms with Gasteiger partial charge in [-0.2, -0.15) is 0 Å².